The predicted octanol–water partition coefficient (Wildman–Crippen LogP) is 0.956. The van der Waals surface area contributed by atoms with Gasteiger partial charge in [0.05, 0.1) is 6.61 Å². The number of ether oxygens (including phenoxy) is 2. The van der Waals surface area contributed by atoms with Gasteiger partial charge in [-0.25, -0.2) is 0 Å². The number of carbonyl (C=O) groups is 1. The minimum absolute atomic E-state index is 0.0870. The molecule has 0 aromatic heterocycles. The predicted molar refractivity (Wildman–Crippen MR) is 57.7 cm³/mol. The average molecular weight is 215 g/mol. The monoisotopic (exact) mass is 215 g/mol. The van der Waals surface area contributed by atoms with Gasteiger partial charge in [-0.3, -0.25) is 4.79 Å². The van der Waals surface area contributed by atoms with Gasteiger partial charge in [-0.2, -0.15) is 0 Å². The molecule has 1 saturated heterocycles. The molecule has 88 valence electrons. The van der Waals surface area contributed by atoms with Crippen LogP contribution in [0, 0.1) is 5.92 Å². The van der Waals surface area contributed by atoms with E-state index in [1.54, 1.807) is 7.11 Å². The molecule has 1 rings (SSSR count). The van der Waals surface area contributed by atoms with E-state index in [9.17, 15) is 4.79 Å². The van der Waals surface area contributed by atoms with Crippen molar-refractivity contribution in [2.75, 3.05) is 33.5 Å². The third kappa shape index (κ3) is 5.74. The van der Waals surface area contributed by atoms with Crippen molar-refractivity contribution < 1.29 is 14.3 Å². The number of nitrogens with one attached hydrogen (secondary N) is 1. The Labute approximate surface area is 91.3 Å². The maximum atomic E-state index is 11.2. The van der Waals surface area contributed by atoms with Gasteiger partial charge < -0.3 is 14.8 Å². The Hall–Kier alpha value is -0.610. The van der Waals surface area contributed by atoms with Crippen molar-refractivity contribution in [1.29, 1.82) is 0 Å². The molecule has 1 amide bonds. The quantitative estimate of drug-likeness (QED) is 0.717. The van der Waals surface area contributed by atoms with Gasteiger partial charge in [0.15, 0.2) is 0 Å². The Balaban J connectivity index is 1.97. The second kappa shape index (κ2) is 7.65. The largest absolute Gasteiger partial charge is 0.384 e. The van der Waals surface area contributed by atoms with Crippen LogP contribution < -0.4 is 5.32 Å². The fourth-order valence-corrected chi connectivity index (χ4v) is 1.73. The second-order valence-corrected chi connectivity index (χ2v) is 3.94. The van der Waals surface area contributed by atoms with Crippen LogP contribution in [0.2, 0.25) is 0 Å². The van der Waals surface area contributed by atoms with Gasteiger partial charge >= 0.3 is 0 Å². The van der Waals surface area contributed by atoms with E-state index in [0.29, 0.717) is 13.0 Å². The van der Waals surface area contributed by atoms with Crippen LogP contribution in [0.4, 0.5) is 0 Å². The van der Waals surface area contributed by atoms with E-state index >= 15 is 0 Å². The van der Waals surface area contributed by atoms with E-state index in [0.717, 1.165) is 44.9 Å². The van der Waals surface area contributed by atoms with Crippen molar-refractivity contribution in [3.05, 3.63) is 0 Å². The first-order chi connectivity index (χ1) is 7.33. The van der Waals surface area contributed by atoms with Crippen LogP contribution >= 0.6 is 0 Å². The third-order valence-electron chi connectivity index (χ3n) is 2.75. The highest BCUT2D eigenvalue weighted by atomic mass is 16.5. The molecule has 0 saturated carbocycles. The maximum absolute atomic E-state index is 11.2. The molecule has 1 fully saturated rings. The fourth-order valence-electron chi connectivity index (χ4n) is 1.73. The molecule has 1 heterocycles. The van der Waals surface area contributed by atoms with Crippen molar-refractivity contribution in [3.63, 3.8) is 0 Å². The van der Waals surface area contributed by atoms with Gasteiger partial charge in [-0.15, -0.1) is 0 Å². The van der Waals surface area contributed by atoms with Crippen molar-refractivity contribution in [2.45, 2.75) is 25.7 Å². The lowest BCUT2D eigenvalue weighted by Crippen LogP contribution is -2.28. The minimum atomic E-state index is 0.0870. The molecular weight excluding hydrogens is 194 g/mol. The summed E-state index contributed by atoms with van der Waals surface area (Å²) in [5, 5.41) is 2.91. The van der Waals surface area contributed by atoms with Gasteiger partial charge in [0, 0.05) is 33.3 Å². The molecule has 1 N–H and O–H groups in total. The van der Waals surface area contributed by atoms with E-state index in [2.05, 4.69) is 5.32 Å². The Bertz CT molecular complexity index is 179. The standard InChI is InChI=1S/C11H21NO3/c1-14-7-5-11(13)12-6-2-10-3-8-15-9-4-10/h10H,2-9H2,1H3,(H,12,13). The van der Waals surface area contributed by atoms with E-state index in [1.165, 1.54) is 0 Å². The molecule has 4 nitrogen and oxygen atoms in total. The first-order valence-electron chi connectivity index (χ1n) is 5.66. The molecule has 0 bridgehead atoms. The van der Waals surface area contributed by atoms with Crippen LogP contribution in [-0.2, 0) is 14.3 Å². The summed E-state index contributed by atoms with van der Waals surface area (Å²) in [5.41, 5.74) is 0. The summed E-state index contributed by atoms with van der Waals surface area (Å²) in [7, 11) is 1.61. The summed E-state index contributed by atoms with van der Waals surface area (Å²) >= 11 is 0. The molecule has 1 aliphatic rings. The third-order valence-corrected chi connectivity index (χ3v) is 2.75. The molecule has 0 aromatic rings. The Kier molecular flexibility index (Phi) is 6.36. The summed E-state index contributed by atoms with van der Waals surface area (Å²) < 4.78 is 10.1. The highest BCUT2D eigenvalue weighted by molar-refractivity contribution is 5.75. The lowest BCUT2D eigenvalue weighted by atomic mass is 9.97. The van der Waals surface area contributed by atoms with Crippen molar-refractivity contribution in [3.8, 4) is 0 Å². The zero-order valence-electron chi connectivity index (χ0n) is 9.46. The van der Waals surface area contributed by atoms with Crippen molar-refractivity contribution in [1.82, 2.24) is 5.32 Å². The molecule has 0 spiro atoms. The maximum Gasteiger partial charge on any atom is 0.222 e. The lowest BCUT2D eigenvalue weighted by molar-refractivity contribution is -0.122. The number of hydrogen-bond donors (Lipinski definition) is 1. The zero-order chi connectivity index (χ0) is 10.9. The summed E-state index contributed by atoms with van der Waals surface area (Å²) in [6, 6.07) is 0. The summed E-state index contributed by atoms with van der Waals surface area (Å²) in [6.07, 6.45) is 3.80. The first-order valence-corrected chi connectivity index (χ1v) is 5.66. The van der Waals surface area contributed by atoms with Crippen LogP contribution in [0.5, 0.6) is 0 Å². The molecule has 0 unspecified atom stereocenters. The minimum Gasteiger partial charge on any atom is -0.384 e. The Morgan fingerprint density at radius 1 is 1.47 bits per heavy atom. The first kappa shape index (κ1) is 12.5. The van der Waals surface area contributed by atoms with Crippen molar-refractivity contribution >= 4 is 5.91 Å². The SMILES string of the molecule is COCCC(=O)NCCC1CCOCC1. The number of hydrogen-bond acceptors (Lipinski definition) is 3. The van der Waals surface area contributed by atoms with Crippen molar-refractivity contribution in [2.24, 2.45) is 5.92 Å². The van der Waals surface area contributed by atoms with Gasteiger partial charge in [0.1, 0.15) is 0 Å². The second-order valence-electron chi connectivity index (χ2n) is 3.94. The van der Waals surface area contributed by atoms with Crippen LogP contribution in [0.1, 0.15) is 25.7 Å². The van der Waals surface area contributed by atoms with Crippen LogP contribution in [0.25, 0.3) is 0 Å². The molecule has 0 aliphatic carbocycles. The number of amides is 1. The summed E-state index contributed by atoms with van der Waals surface area (Å²) in [5.74, 6) is 0.811. The van der Waals surface area contributed by atoms with E-state index < -0.39 is 0 Å². The number of rotatable bonds is 6. The Morgan fingerprint density at radius 2 is 2.20 bits per heavy atom. The van der Waals surface area contributed by atoms with Gasteiger partial charge in [0.25, 0.3) is 0 Å². The topological polar surface area (TPSA) is 47.6 Å². The van der Waals surface area contributed by atoms with Crippen LogP contribution in [-0.4, -0.2) is 39.4 Å². The normalized spacial score (nSPS) is 17.7. The van der Waals surface area contributed by atoms with E-state index in [-0.39, 0.29) is 5.91 Å². The molecule has 4 heteroatoms. The zero-order valence-corrected chi connectivity index (χ0v) is 9.46. The highest BCUT2D eigenvalue weighted by Crippen LogP contribution is 2.17. The summed E-state index contributed by atoms with van der Waals surface area (Å²) in [4.78, 5) is 11.2. The molecule has 1 aliphatic heterocycles. The van der Waals surface area contributed by atoms with Crippen LogP contribution in [0.3, 0.4) is 0 Å². The van der Waals surface area contributed by atoms with E-state index in [1.807, 2.05) is 0 Å². The van der Waals surface area contributed by atoms with Gasteiger partial charge in [-0.1, -0.05) is 0 Å². The highest BCUT2D eigenvalue weighted by Gasteiger charge is 2.13. The molecule has 15 heavy (non-hydrogen) atoms. The molecule has 0 atom stereocenters. The smallest absolute Gasteiger partial charge is 0.222 e. The lowest BCUT2D eigenvalue weighted by Gasteiger charge is -2.21. The number of methoxy groups -OCH3 is 1. The molecule has 0 aromatic carbocycles. The van der Waals surface area contributed by atoms with Gasteiger partial charge in [0.2, 0.25) is 5.91 Å². The number of carbonyl (C=O) groups excluding carboxylic acids is 1. The summed E-state index contributed by atoms with van der Waals surface area (Å²) in [6.45, 7) is 3.04. The molecule has 0 radical (unpaired) electrons. The average Bonchev–Trinajstić information content (AvgIpc) is 2.28. The molecular formula is C11H21NO3. The van der Waals surface area contributed by atoms with E-state index in [4.69, 9.17) is 9.47 Å². The fraction of sp³-hybridized carbons (Fsp3) is 0.909. The van der Waals surface area contributed by atoms with Crippen LogP contribution in [0.15, 0.2) is 0 Å². The Morgan fingerprint density at radius 3 is 2.87 bits per heavy atom. The van der Waals surface area contributed by atoms with Gasteiger partial charge in [-0.05, 0) is 25.2 Å².